The molecule has 1 saturated heterocycles. The highest BCUT2D eigenvalue weighted by Gasteiger charge is 2.66. The number of carbonyl (C=O) groups is 2. The Morgan fingerprint density at radius 2 is 1.88 bits per heavy atom. The molecular weight excluding hydrogens is 551 g/mol. The maximum atomic E-state index is 14.7. The first kappa shape index (κ1) is 27.6. The van der Waals surface area contributed by atoms with E-state index in [0.717, 1.165) is 10.6 Å². The molecule has 40 heavy (non-hydrogen) atoms. The molecule has 0 bridgehead atoms. The Bertz CT molecular complexity index is 1520. The lowest BCUT2D eigenvalue weighted by molar-refractivity contribution is -0.138. The van der Waals surface area contributed by atoms with E-state index in [2.05, 4.69) is 12.0 Å². The summed E-state index contributed by atoms with van der Waals surface area (Å²) in [4.78, 5) is 28.8. The third-order valence-corrected chi connectivity index (χ3v) is 8.13. The number of carbonyl (C=O) groups excluding carboxylic acids is 2. The van der Waals surface area contributed by atoms with Crippen LogP contribution in [0, 0.1) is 5.92 Å². The average Bonchev–Trinajstić information content (AvgIpc) is 3.17. The summed E-state index contributed by atoms with van der Waals surface area (Å²) in [5.41, 5.74) is 4.10. The lowest BCUT2D eigenvalue weighted by atomic mass is 9.56. The Morgan fingerprint density at radius 3 is 2.52 bits per heavy atom. The number of methoxy groups -OCH3 is 1. The Hall–Kier alpha value is -3.94. The summed E-state index contributed by atoms with van der Waals surface area (Å²) >= 11 is 12.5. The van der Waals surface area contributed by atoms with Gasteiger partial charge in [0.05, 0.1) is 35.8 Å². The van der Waals surface area contributed by atoms with Crippen LogP contribution < -0.4 is 14.9 Å². The number of phenols is 1. The number of anilines is 1. The number of hydrazine groups is 1. The van der Waals surface area contributed by atoms with Crippen LogP contribution in [-0.4, -0.2) is 35.6 Å². The van der Waals surface area contributed by atoms with Crippen molar-refractivity contribution >= 4 is 40.7 Å². The highest BCUT2D eigenvalue weighted by atomic mass is 35.5. The minimum absolute atomic E-state index is 0.0184. The van der Waals surface area contributed by atoms with Gasteiger partial charge >= 0.3 is 0 Å². The van der Waals surface area contributed by atoms with Crippen LogP contribution in [0.15, 0.2) is 85.0 Å². The second-order valence-corrected chi connectivity index (χ2v) is 10.4. The highest BCUT2D eigenvalue weighted by Crippen LogP contribution is 2.58. The zero-order valence-electron chi connectivity index (χ0n) is 22.0. The average molecular weight is 579 g/mol. The SMILES string of the molecule is C=CC1=CCC2C(=O)N(Nc3ccc(Cl)cc3Cl)C(=O)C2(c2ccc(OC)cc2)C1c1ccc(O)c(OCC)c1. The van der Waals surface area contributed by atoms with Crippen LogP contribution in [0.1, 0.15) is 30.4 Å². The molecule has 1 aliphatic heterocycles. The molecule has 3 aromatic carbocycles. The number of allylic oxidation sites excluding steroid dienone is 3. The van der Waals surface area contributed by atoms with Crippen molar-refractivity contribution in [3.63, 3.8) is 0 Å². The molecule has 1 aliphatic carbocycles. The number of rotatable bonds is 8. The largest absolute Gasteiger partial charge is 0.504 e. The van der Waals surface area contributed by atoms with Crippen LogP contribution in [0.5, 0.6) is 17.2 Å². The molecule has 0 radical (unpaired) electrons. The molecule has 7 nitrogen and oxygen atoms in total. The van der Waals surface area contributed by atoms with E-state index in [4.69, 9.17) is 32.7 Å². The molecule has 1 heterocycles. The number of benzene rings is 3. The molecule has 9 heteroatoms. The second-order valence-electron chi connectivity index (χ2n) is 9.60. The van der Waals surface area contributed by atoms with E-state index in [9.17, 15) is 14.7 Å². The third kappa shape index (κ3) is 4.39. The number of amides is 2. The fourth-order valence-corrected chi connectivity index (χ4v) is 6.28. The summed E-state index contributed by atoms with van der Waals surface area (Å²) in [6, 6.07) is 17.0. The van der Waals surface area contributed by atoms with Gasteiger partial charge in [-0.05, 0) is 72.5 Å². The van der Waals surface area contributed by atoms with Crippen LogP contribution in [0.2, 0.25) is 10.0 Å². The number of aromatic hydroxyl groups is 1. The molecule has 0 aromatic heterocycles. The number of nitrogens with one attached hydrogen (secondary N) is 1. The van der Waals surface area contributed by atoms with Gasteiger partial charge in [0.1, 0.15) is 5.75 Å². The predicted molar refractivity (Wildman–Crippen MR) is 155 cm³/mol. The molecule has 3 unspecified atom stereocenters. The smallest absolute Gasteiger partial charge is 0.260 e. The molecule has 2 N–H and O–H groups in total. The van der Waals surface area contributed by atoms with Crippen molar-refractivity contribution in [1.82, 2.24) is 5.01 Å². The summed E-state index contributed by atoms with van der Waals surface area (Å²) in [7, 11) is 1.57. The monoisotopic (exact) mass is 578 g/mol. The third-order valence-electron chi connectivity index (χ3n) is 7.59. The van der Waals surface area contributed by atoms with Crippen LogP contribution in [0.25, 0.3) is 0 Å². The van der Waals surface area contributed by atoms with Gasteiger partial charge in [0, 0.05) is 10.9 Å². The molecule has 0 saturated carbocycles. The number of imide groups is 1. The lowest BCUT2D eigenvalue weighted by Crippen LogP contribution is -2.48. The standard InChI is InChI=1S/C31H28Cl2N2O5/c1-4-18-6-13-23-29(37)35(34-25-14-10-21(32)17-24(25)33)30(38)31(23,20-8-11-22(39-3)12-9-20)28(18)19-7-15-26(36)27(16-19)40-5-2/h4,6-12,14-17,23,28,34,36H,1,5,13H2,2-3H3. The first-order valence-electron chi connectivity index (χ1n) is 12.8. The summed E-state index contributed by atoms with van der Waals surface area (Å²) in [6.07, 6.45) is 3.97. The number of hydrogen-bond donors (Lipinski definition) is 2. The van der Waals surface area contributed by atoms with Gasteiger partial charge in [-0.2, -0.15) is 5.01 Å². The van der Waals surface area contributed by atoms with Crippen molar-refractivity contribution in [2.45, 2.75) is 24.7 Å². The zero-order valence-corrected chi connectivity index (χ0v) is 23.5. The molecule has 2 amide bonds. The molecule has 0 spiro atoms. The fourth-order valence-electron chi connectivity index (χ4n) is 5.83. The number of nitrogens with zero attached hydrogens (tertiary/aromatic N) is 1. The van der Waals surface area contributed by atoms with E-state index in [0.29, 0.717) is 40.6 Å². The van der Waals surface area contributed by atoms with E-state index in [1.807, 2.05) is 25.1 Å². The zero-order chi connectivity index (χ0) is 28.6. The number of fused-ring (bicyclic) bond motifs is 1. The number of hydrogen-bond acceptors (Lipinski definition) is 6. The van der Waals surface area contributed by atoms with Gasteiger partial charge in [0.15, 0.2) is 11.5 Å². The van der Waals surface area contributed by atoms with Crippen molar-refractivity contribution in [2.75, 3.05) is 19.1 Å². The van der Waals surface area contributed by atoms with Gasteiger partial charge < -0.3 is 14.6 Å². The summed E-state index contributed by atoms with van der Waals surface area (Å²) in [5, 5.41) is 12.2. The molecule has 1 fully saturated rings. The van der Waals surface area contributed by atoms with Crippen LogP contribution in [-0.2, 0) is 15.0 Å². The molecule has 206 valence electrons. The van der Waals surface area contributed by atoms with Gasteiger partial charge in [-0.1, -0.05) is 60.1 Å². The number of phenolic OH excluding ortho intramolecular Hbond substituents is 1. The maximum Gasteiger partial charge on any atom is 0.260 e. The van der Waals surface area contributed by atoms with Crippen molar-refractivity contribution in [1.29, 1.82) is 0 Å². The fraction of sp³-hybridized carbons (Fsp3) is 0.226. The highest BCUT2D eigenvalue weighted by molar-refractivity contribution is 6.36. The van der Waals surface area contributed by atoms with Gasteiger partial charge in [0.2, 0.25) is 0 Å². The topological polar surface area (TPSA) is 88.1 Å². The molecular formula is C31H28Cl2N2O5. The van der Waals surface area contributed by atoms with Crippen LogP contribution in [0.4, 0.5) is 5.69 Å². The van der Waals surface area contributed by atoms with E-state index in [-0.39, 0.29) is 22.4 Å². The Labute approximate surface area is 242 Å². The molecule has 5 rings (SSSR count). The number of halogens is 2. The number of ether oxygens (including phenoxy) is 2. The molecule has 3 aromatic rings. The molecule has 3 atom stereocenters. The minimum atomic E-state index is -1.35. The lowest BCUT2D eigenvalue weighted by Gasteiger charge is -2.43. The van der Waals surface area contributed by atoms with Crippen molar-refractivity contribution in [2.24, 2.45) is 5.92 Å². The molecule has 2 aliphatic rings. The maximum absolute atomic E-state index is 14.7. The van der Waals surface area contributed by atoms with Crippen LogP contribution in [0.3, 0.4) is 0 Å². The summed E-state index contributed by atoms with van der Waals surface area (Å²) in [6.45, 7) is 6.19. The first-order valence-corrected chi connectivity index (χ1v) is 13.5. The quantitative estimate of drug-likeness (QED) is 0.291. The van der Waals surface area contributed by atoms with E-state index < -0.39 is 23.2 Å². The van der Waals surface area contributed by atoms with Crippen molar-refractivity contribution < 1.29 is 24.2 Å². The summed E-state index contributed by atoms with van der Waals surface area (Å²) < 4.78 is 11.1. The van der Waals surface area contributed by atoms with Gasteiger partial charge in [0.25, 0.3) is 11.8 Å². The van der Waals surface area contributed by atoms with Gasteiger partial charge in [-0.3, -0.25) is 15.0 Å². The van der Waals surface area contributed by atoms with Gasteiger partial charge in [-0.15, -0.1) is 0 Å². The second kappa shape index (κ2) is 10.9. The van der Waals surface area contributed by atoms with E-state index in [1.54, 1.807) is 49.6 Å². The van der Waals surface area contributed by atoms with Crippen molar-refractivity contribution in [3.05, 3.63) is 106 Å². The summed E-state index contributed by atoms with van der Waals surface area (Å²) in [5.74, 6) is -1.32. The Balaban J connectivity index is 1.73. The van der Waals surface area contributed by atoms with Gasteiger partial charge in [-0.25, -0.2) is 0 Å². The first-order chi connectivity index (χ1) is 19.3. The van der Waals surface area contributed by atoms with E-state index >= 15 is 0 Å². The normalized spacial score (nSPS) is 22.0. The Kier molecular flexibility index (Phi) is 7.53. The predicted octanol–water partition coefficient (Wildman–Crippen LogP) is 6.66. The van der Waals surface area contributed by atoms with Crippen molar-refractivity contribution in [3.8, 4) is 17.2 Å². The van der Waals surface area contributed by atoms with Crippen LogP contribution >= 0.6 is 23.2 Å². The van der Waals surface area contributed by atoms with E-state index in [1.165, 1.54) is 12.1 Å². The minimum Gasteiger partial charge on any atom is -0.504 e. The Morgan fingerprint density at radius 1 is 1.12 bits per heavy atom.